The van der Waals surface area contributed by atoms with Crippen molar-refractivity contribution in [1.82, 2.24) is 14.7 Å². The summed E-state index contributed by atoms with van der Waals surface area (Å²) in [5, 5.41) is 6.89. The van der Waals surface area contributed by atoms with Gasteiger partial charge in [-0.1, -0.05) is 13.8 Å². The summed E-state index contributed by atoms with van der Waals surface area (Å²) in [6.45, 7) is 4.81. The Balaban J connectivity index is 0.00000178. The van der Waals surface area contributed by atoms with Gasteiger partial charge in [-0.05, 0) is 26.4 Å². The van der Waals surface area contributed by atoms with Crippen molar-refractivity contribution in [3.8, 4) is 0 Å². The fourth-order valence-electron chi connectivity index (χ4n) is 2.63. The largest absolute Gasteiger partial charge is 0.483 e. The second kappa shape index (κ2) is 10.9. The smallest absolute Gasteiger partial charge is 0.471 e. The summed E-state index contributed by atoms with van der Waals surface area (Å²) < 4.78 is 37.4. The van der Waals surface area contributed by atoms with E-state index in [4.69, 9.17) is 9.90 Å². The minimum absolute atomic E-state index is 0.0303. The SMILES string of the molecule is CCC(C(=O)N1CCCN(C(=O)C(F)(F)F)CC1)N(C)CC.O=CO. The number of nitrogens with zero attached hydrogens (tertiary/aromatic N) is 3. The molecule has 1 fully saturated rings. The van der Waals surface area contributed by atoms with Gasteiger partial charge in [0, 0.05) is 26.2 Å². The van der Waals surface area contributed by atoms with Crippen LogP contribution in [0.25, 0.3) is 0 Å². The van der Waals surface area contributed by atoms with Crippen LogP contribution in [0.3, 0.4) is 0 Å². The summed E-state index contributed by atoms with van der Waals surface area (Å²) in [5.41, 5.74) is 0. The quantitative estimate of drug-likeness (QED) is 0.749. The first kappa shape index (κ1) is 23.2. The highest BCUT2D eigenvalue weighted by molar-refractivity contribution is 5.83. The molecule has 1 N–H and O–H groups in total. The third kappa shape index (κ3) is 7.29. The zero-order chi connectivity index (χ0) is 19.6. The molecular weight excluding hydrogens is 343 g/mol. The van der Waals surface area contributed by atoms with E-state index >= 15 is 0 Å². The third-order valence-corrected chi connectivity index (χ3v) is 4.04. The minimum Gasteiger partial charge on any atom is -0.483 e. The Hall–Kier alpha value is -1.84. The van der Waals surface area contributed by atoms with Gasteiger partial charge in [0.25, 0.3) is 6.47 Å². The van der Waals surface area contributed by atoms with E-state index in [1.54, 1.807) is 4.90 Å². The first-order valence-electron chi connectivity index (χ1n) is 8.06. The molecule has 1 rings (SSSR count). The number of rotatable bonds is 4. The summed E-state index contributed by atoms with van der Waals surface area (Å²) in [6.07, 6.45) is -3.85. The second-order valence-electron chi connectivity index (χ2n) is 5.57. The van der Waals surface area contributed by atoms with Gasteiger partial charge >= 0.3 is 12.1 Å². The highest BCUT2D eigenvalue weighted by atomic mass is 19.4. The topological polar surface area (TPSA) is 81.2 Å². The van der Waals surface area contributed by atoms with Gasteiger partial charge in [0.05, 0.1) is 6.04 Å². The van der Waals surface area contributed by atoms with Gasteiger partial charge in [0.1, 0.15) is 0 Å². The minimum atomic E-state index is -4.85. The van der Waals surface area contributed by atoms with Crippen molar-refractivity contribution in [2.45, 2.75) is 38.9 Å². The van der Waals surface area contributed by atoms with Gasteiger partial charge in [-0.25, -0.2) is 0 Å². The number of amides is 2. The molecule has 1 aliphatic heterocycles. The van der Waals surface area contributed by atoms with Crippen molar-refractivity contribution >= 4 is 18.3 Å². The first-order chi connectivity index (χ1) is 11.6. The van der Waals surface area contributed by atoms with Crippen molar-refractivity contribution < 1.29 is 32.7 Å². The fraction of sp³-hybridized carbons (Fsp3) is 0.800. The lowest BCUT2D eigenvalue weighted by Gasteiger charge is -2.30. The molecule has 0 aromatic rings. The third-order valence-electron chi connectivity index (χ3n) is 4.04. The van der Waals surface area contributed by atoms with E-state index in [0.717, 1.165) is 11.4 Å². The van der Waals surface area contributed by atoms with Crippen LogP contribution in [0, 0.1) is 0 Å². The molecule has 25 heavy (non-hydrogen) atoms. The van der Waals surface area contributed by atoms with E-state index in [0.29, 0.717) is 19.4 Å². The molecule has 2 amide bonds. The molecule has 0 aromatic heterocycles. The lowest BCUT2D eigenvalue weighted by atomic mass is 10.1. The van der Waals surface area contributed by atoms with Crippen LogP contribution in [0.4, 0.5) is 13.2 Å². The number of alkyl halides is 3. The molecule has 0 radical (unpaired) electrons. The maximum atomic E-state index is 12.5. The molecule has 146 valence electrons. The Bertz CT molecular complexity index is 446. The van der Waals surface area contributed by atoms with Gasteiger partial charge < -0.3 is 14.9 Å². The van der Waals surface area contributed by atoms with Gasteiger partial charge in [-0.2, -0.15) is 13.2 Å². The number of carbonyl (C=O) groups is 3. The second-order valence-corrected chi connectivity index (χ2v) is 5.57. The van der Waals surface area contributed by atoms with Crippen molar-refractivity contribution in [1.29, 1.82) is 0 Å². The lowest BCUT2D eigenvalue weighted by Crippen LogP contribution is -2.48. The van der Waals surface area contributed by atoms with E-state index in [1.807, 2.05) is 25.8 Å². The van der Waals surface area contributed by atoms with Gasteiger partial charge in [-0.3, -0.25) is 19.3 Å². The van der Waals surface area contributed by atoms with Crippen molar-refractivity contribution in [2.24, 2.45) is 0 Å². The molecule has 1 unspecified atom stereocenters. The number of hydrogen-bond acceptors (Lipinski definition) is 4. The molecule has 0 aromatic carbocycles. The summed E-state index contributed by atoms with van der Waals surface area (Å²) in [6, 6.07) is -0.269. The monoisotopic (exact) mass is 369 g/mol. The van der Waals surface area contributed by atoms with Crippen LogP contribution >= 0.6 is 0 Å². The van der Waals surface area contributed by atoms with Crippen LogP contribution in [0.1, 0.15) is 26.7 Å². The van der Waals surface area contributed by atoms with E-state index < -0.39 is 12.1 Å². The summed E-state index contributed by atoms with van der Waals surface area (Å²) in [7, 11) is 1.85. The Morgan fingerprint density at radius 1 is 1.16 bits per heavy atom. The summed E-state index contributed by atoms with van der Waals surface area (Å²) in [5.74, 6) is -1.90. The number of likely N-dealkylation sites (N-methyl/N-ethyl adjacent to an activating group) is 1. The average molecular weight is 369 g/mol. The van der Waals surface area contributed by atoms with Crippen LogP contribution in [-0.2, 0) is 14.4 Å². The molecular formula is C15H26F3N3O4. The first-order valence-corrected chi connectivity index (χ1v) is 8.06. The Labute approximate surface area is 145 Å². The standard InChI is InChI=1S/C14H24F3N3O2.CH2O2/c1-4-11(18(3)5-2)12(21)19-7-6-8-20(10-9-19)13(22)14(15,16)17;2-1-3/h11H,4-10H2,1-3H3;1H,(H,2,3). The summed E-state index contributed by atoms with van der Waals surface area (Å²) in [4.78, 5) is 36.4. The van der Waals surface area contributed by atoms with Crippen LogP contribution in [0.2, 0.25) is 0 Å². The Morgan fingerprint density at radius 3 is 2.08 bits per heavy atom. The fourth-order valence-corrected chi connectivity index (χ4v) is 2.63. The van der Waals surface area contributed by atoms with Gasteiger partial charge in [0.15, 0.2) is 0 Å². The molecule has 0 aliphatic carbocycles. The normalized spacial score (nSPS) is 16.6. The molecule has 10 heteroatoms. The molecule has 1 saturated heterocycles. The Morgan fingerprint density at radius 2 is 1.64 bits per heavy atom. The predicted octanol–water partition coefficient (Wildman–Crippen LogP) is 1.04. The highest BCUT2D eigenvalue weighted by Gasteiger charge is 2.43. The van der Waals surface area contributed by atoms with Crippen molar-refractivity contribution in [2.75, 3.05) is 39.8 Å². The Kier molecular flexibility index (Phi) is 10.1. The average Bonchev–Trinajstić information content (AvgIpc) is 2.80. The van der Waals surface area contributed by atoms with Gasteiger partial charge in [-0.15, -0.1) is 0 Å². The zero-order valence-electron chi connectivity index (χ0n) is 14.8. The lowest BCUT2D eigenvalue weighted by molar-refractivity contribution is -0.185. The van der Waals surface area contributed by atoms with Crippen molar-refractivity contribution in [3.63, 3.8) is 0 Å². The van der Waals surface area contributed by atoms with E-state index in [9.17, 15) is 22.8 Å². The molecule has 0 bridgehead atoms. The van der Waals surface area contributed by atoms with Gasteiger partial charge in [0.2, 0.25) is 5.91 Å². The van der Waals surface area contributed by atoms with Crippen LogP contribution < -0.4 is 0 Å². The summed E-state index contributed by atoms with van der Waals surface area (Å²) >= 11 is 0. The van der Waals surface area contributed by atoms with E-state index in [2.05, 4.69) is 0 Å². The molecule has 0 spiro atoms. The predicted molar refractivity (Wildman–Crippen MR) is 84.9 cm³/mol. The maximum absolute atomic E-state index is 12.5. The molecule has 1 heterocycles. The number of halogens is 3. The number of carbonyl (C=O) groups excluding carboxylic acids is 2. The molecule has 1 aliphatic rings. The molecule has 7 nitrogen and oxygen atoms in total. The van der Waals surface area contributed by atoms with Crippen LogP contribution in [-0.4, -0.2) is 90.1 Å². The van der Waals surface area contributed by atoms with Crippen LogP contribution in [0.5, 0.6) is 0 Å². The maximum Gasteiger partial charge on any atom is 0.471 e. The highest BCUT2D eigenvalue weighted by Crippen LogP contribution is 2.20. The zero-order valence-corrected chi connectivity index (χ0v) is 14.8. The van der Waals surface area contributed by atoms with Crippen LogP contribution in [0.15, 0.2) is 0 Å². The van der Waals surface area contributed by atoms with Crippen molar-refractivity contribution in [3.05, 3.63) is 0 Å². The molecule has 0 saturated carbocycles. The number of hydrogen-bond donors (Lipinski definition) is 1. The molecule has 1 atom stereocenters. The van der Waals surface area contributed by atoms with E-state index in [-0.39, 0.29) is 38.1 Å². The van der Waals surface area contributed by atoms with E-state index in [1.165, 1.54) is 0 Å². The number of carboxylic acid groups (broad SMARTS) is 1.